The molecule has 108 valence electrons. The average molecular weight is 286 g/mol. The van der Waals surface area contributed by atoms with Crippen molar-refractivity contribution in [2.24, 2.45) is 0 Å². The predicted molar refractivity (Wildman–Crippen MR) is 78.9 cm³/mol. The molecule has 0 saturated carbocycles. The molecule has 0 aromatic heterocycles. The van der Waals surface area contributed by atoms with Gasteiger partial charge in [0.2, 0.25) is 0 Å². The zero-order chi connectivity index (χ0) is 15.0. The van der Waals surface area contributed by atoms with E-state index in [-0.39, 0.29) is 11.3 Å². The summed E-state index contributed by atoms with van der Waals surface area (Å²) in [5, 5.41) is 9.24. The number of aromatic hydroxyl groups is 1. The third-order valence-corrected chi connectivity index (χ3v) is 3.72. The monoisotopic (exact) mass is 286 g/mol. The van der Waals surface area contributed by atoms with Gasteiger partial charge in [0.25, 0.3) is 5.91 Å². The van der Waals surface area contributed by atoms with Crippen LogP contribution in [0.15, 0.2) is 36.4 Å². The van der Waals surface area contributed by atoms with Crippen LogP contribution in [0.25, 0.3) is 0 Å². The first-order valence-corrected chi connectivity index (χ1v) is 6.75. The normalized spacial score (nSPS) is 13.9. The lowest BCUT2D eigenvalue weighted by molar-refractivity contribution is 0.0981. The lowest BCUT2D eigenvalue weighted by Gasteiger charge is -2.30. The first kappa shape index (κ1) is 13.4. The Labute approximate surface area is 121 Å². The van der Waals surface area contributed by atoms with E-state index in [0.29, 0.717) is 12.2 Å². The molecule has 2 aromatic rings. The standard InChI is InChI=1S/C16H15FN2O2/c17-13-9-10(20)6-7-11(13)16(21)19-8-2-3-12-14(18)4-1-5-15(12)19/h1,4-7,9,20H,2-3,8,18H2. The summed E-state index contributed by atoms with van der Waals surface area (Å²) in [5.74, 6) is -1.34. The zero-order valence-corrected chi connectivity index (χ0v) is 11.3. The molecule has 2 aromatic carbocycles. The van der Waals surface area contributed by atoms with E-state index in [9.17, 15) is 14.3 Å². The van der Waals surface area contributed by atoms with Crippen molar-refractivity contribution in [3.05, 3.63) is 53.3 Å². The summed E-state index contributed by atoms with van der Waals surface area (Å²) in [5.41, 5.74) is 8.21. The van der Waals surface area contributed by atoms with Gasteiger partial charge in [-0.1, -0.05) is 6.07 Å². The van der Waals surface area contributed by atoms with Gasteiger partial charge in [-0.15, -0.1) is 0 Å². The van der Waals surface area contributed by atoms with Crippen molar-refractivity contribution < 1.29 is 14.3 Å². The lowest BCUT2D eigenvalue weighted by atomic mass is 9.99. The molecule has 0 spiro atoms. The third-order valence-electron chi connectivity index (χ3n) is 3.72. The molecule has 0 radical (unpaired) electrons. The van der Waals surface area contributed by atoms with Crippen molar-refractivity contribution in [2.45, 2.75) is 12.8 Å². The number of halogens is 1. The first-order valence-electron chi connectivity index (χ1n) is 6.75. The summed E-state index contributed by atoms with van der Waals surface area (Å²) >= 11 is 0. The molecule has 3 N–H and O–H groups in total. The molecule has 21 heavy (non-hydrogen) atoms. The number of anilines is 2. The van der Waals surface area contributed by atoms with E-state index in [2.05, 4.69) is 0 Å². The van der Waals surface area contributed by atoms with Crippen LogP contribution < -0.4 is 10.6 Å². The van der Waals surface area contributed by atoms with Gasteiger partial charge in [0.1, 0.15) is 11.6 Å². The van der Waals surface area contributed by atoms with E-state index in [1.807, 2.05) is 6.07 Å². The van der Waals surface area contributed by atoms with Crippen LogP contribution in [-0.2, 0) is 6.42 Å². The topological polar surface area (TPSA) is 66.6 Å². The number of carbonyl (C=O) groups excluding carboxylic acids is 1. The minimum absolute atomic E-state index is 0.0527. The molecule has 0 bridgehead atoms. The molecule has 1 amide bonds. The van der Waals surface area contributed by atoms with Crippen molar-refractivity contribution in [1.82, 2.24) is 0 Å². The molecular weight excluding hydrogens is 271 g/mol. The smallest absolute Gasteiger partial charge is 0.261 e. The maximum absolute atomic E-state index is 13.9. The number of rotatable bonds is 1. The predicted octanol–water partition coefficient (Wildman–Crippen LogP) is 2.71. The summed E-state index contributed by atoms with van der Waals surface area (Å²) in [6.07, 6.45) is 1.59. The van der Waals surface area contributed by atoms with Gasteiger partial charge in [0.05, 0.1) is 5.56 Å². The van der Waals surface area contributed by atoms with E-state index < -0.39 is 11.7 Å². The van der Waals surface area contributed by atoms with Crippen LogP contribution in [0.5, 0.6) is 5.75 Å². The third kappa shape index (κ3) is 2.31. The van der Waals surface area contributed by atoms with E-state index in [0.717, 1.165) is 30.2 Å². The summed E-state index contributed by atoms with van der Waals surface area (Å²) in [7, 11) is 0. The number of hydrogen-bond acceptors (Lipinski definition) is 3. The molecule has 1 aliphatic rings. The first-order chi connectivity index (χ1) is 10.1. The number of hydrogen-bond donors (Lipinski definition) is 2. The van der Waals surface area contributed by atoms with Crippen LogP contribution in [0.2, 0.25) is 0 Å². The second-order valence-corrected chi connectivity index (χ2v) is 5.07. The number of fused-ring (bicyclic) bond motifs is 1. The van der Waals surface area contributed by atoms with Crippen LogP contribution in [-0.4, -0.2) is 17.6 Å². The van der Waals surface area contributed by atoms with Crippen LogP contribution in [0.4, 0.5) is 15.8 Å². The highest BCUT2D eigenvalue weighted by atomic mass is 19.1. The molecule has 0 unspecified atom stereocenters. The second kappa shape index (κ2) is 5.09. The Balaban J connectivity index is 2.02. The quantitative estimate of drug-likeness (QED) is 0.792. The summed E-state index contributed by atoms with van der Waals surface area (Å²) in [4.78, 5) is 14.1. The maximum Gasteiger partial charge on any atom is 0.261 e. The molecule has 5 heteroatoms. The number of phenols is 1. The number of nitrogens with zero attached hydrogens (tertiary/aromatic N) is 1. The number of amides is 1. The van der Waals surface area contributed by atoms with Gasteiger partial charge >= 0.3 is 0 Å². The summed E-state index contributed by atoms with van der Waals surface area (Å²) in [6, 6.07) is 8.95. The molecule has 1 heterocycles. The van der Waals surface area contributed by atoms with Gasteiger partial charge < -0.3 is 15.7 Å². The number of phenolic OH excluding ortho intramolecular Hbond substituents is 1. The highest BCUT2D eigenvalue weighted by Crippen LogP contribution is 2.32. The molecule has 1 aliphatic heterocycles. The van der Waals surface area contributed by atoms with Crippen molar-refractivity contribution in [3.8, 4) is 5.75 Å². The number of nitrogen functional groups attached to an aromatic ring is 1. The largest absolute Gasteiger partial charge is 0.508 e. The van der Waals surface area contributed by atoms with Crippen LogP contribution in [0, 0.1) is 5.82 Å². The second-order valence-electron chi connectivity index (χ2n) is 5.07. The van der Waals surface area contributed by atoms with Gasteiger partial charge in [0.15, 0.2) is 0 Å². The fourth-order valence-electron chi connectivity index (χ4n) is 2.69. The number of benzene rings is 2. The van der Waals surface area contributed by atoms with Crippen LogP contribution in [0.1, 0.15) is 22.3 Å². The minimum atomic E-state index is -0.726. The van der Waals surface area contributed by atoms with Gasteiger partial charge in [-0.05, 0) is 42.7 Å². The highest BCUT2D eigenvalue weighted by molar-refractivity contribution is 6.07. The Kier molecular flexibility index (Phi) is 3.25. The molecule has 0 atom stereocenters. The summed E-state index contributed by atoms with van der Waals surface area (Å²) < 4.78 is 13.9. The van der Waals surface area contributed by atoms with E-state index >= 15 is 0 Å². The zero-order valence-electron chi connectivity index (χ0n) is 11.3. The Morgan fingerprint density at radius 3 is 2.86 bits per heavy atom. The molecule has 4 nitrogen and oxygen atoms in total. The van der Waals surface area contributed by atoms with Gasteiger partial charge in [-0.2, -0.15) is 0 Å². The fraction of sp³-hybridized carbons (Fsp3) is 0.188. The number of nitrogens with two attached hydrogens (primary N) is 1. The molecule has 3 rings (SSSR count). The molecule has 0 fully saturated rings. The highest BCUT2D eigenvalue weighted by Gasteiger charge is 2.26. The van der Waals surface area contributed by atoms with Crippen LogP contribution >= 0.6 is 0 Å². The Morgan fingerprint density at radius 1 is 1.29 bits per heavy atom. The SMILES string of the molecule is Nc1cccc2c1CCCN2C(=O)c1ccc(O)cc1F. The van der Waals surface area contributed by atoms with Crippen molar-refractivity contribution in [3.63, 3.8) is 0 Å². The van der Waals surface area contributed by atoms with E-state index in [4.69, 9.17) is 5.73 Å². The Morgan fingerprint density at radius 2 is 2.10 bits per heavy atom. The summed E-state index contributed by atoms with van der Waals surface area (Å²) in [6.45, 7) is 0.523. The Bertz CT molecular complexity index is 715. The Hall–Kier alpha value is -2.56. The molecular formula is C16H15FN2O2. The average Bonchev–Trinajstić information content (AvgIpc) is 2.46. The fourth-order valence-corrected chi connectivity index (χ4v) is 2.69. The van der Waals surface area contributed by atoms with Crippen molar-refractivity contribution in [1.29, 1.82) is 0 Å². The van der Waals surface area contributed by atoms with E-state index in [1.54, 1.807) is 17.0 Å². The lowest BCUT2D eigenvalue weighted by Crippen LogP contribution is -2.36. The van der Waals surface area contributed by atoms with Gasteiger partial charge in [-0.3, -0.25) is 4.79 Å². The van der Waals surface area contributed by atoms with E-state index in [1.165, 1.54) is 12.1 Å². The van der Waals surface area contributed by atoms with Gasteiger partial charge in [0, 0.05) is 24.0 Å². The maximum atomic E-state index is 13.9. The van der Waals surface area contributed by atoms with Crippen LogP contribution in [0.3, 0.4) is 0 Å². The molecule has 0 saturated heterocycles. The van der Waals surface area contributed by atoms with Crippen molar-refractivity contribution >= 4 is 17.3 Å². The van der Waals surface area contributed by atoms with Crippen molar-refractivity contribution in [2.75, 3.05) is 17.2 Å². The number of carbonyl (C=O) groups is 1. The van der Waals surface area contributed by atoms with Gasteiger partial charge in [-0.25, -0.2) is 4.39 Å². The molecule has 0 aliphatic carbocycles. The minimum Gasteiger partial charge on any atom is -0.508 e.